The Balaban J connectivity index is 0.000000465. The average molecular weight is 1530 g/mol. The van der Waals surface area contributed by atoms with E-state index in [0.717, 1.165) is 0 Å². The monoisotopic (exact) mass is 1530 g/mol. The molecule has 0 heteroatoms. The first-order valence-corrected chi connectivity index (χ1v) is 56.6. The van der Waals surface area contributed by atoms with Crippen LogP contribution in [0.25, 0.3) is 0 Å². The van der Waals surface area contributed by atoms with E-state index in [2.05, 4.69) is 0 Å². The van der Waals surface area contributed by atoms with E-state index >= 15 is 0 Å². The molecule has 616 valence electrons. The van der Waals surface area contributed by atoms with Crippen molar-refractivity contribution < 1.29 is 0 Å². The van der Waals surface area contributed by atoms with Crippen LogP contribution in [0.1, 0.15) is 295 Å². The molecule has 36 aliphatic rings. The van der Waals surface area contributed by atoms with Gasteiger partial charge in [0.25, 0.3) is 0 Å². The predicted molar refractivity (Wildman–Crippen MR) is 450 cm³/mol. The molecule has 0 aromatic carbocycles. The topological polar surface area (TPSA) is 0 Å². The van der Waals surface area contributed by atoms with Crippen molar-refractivity contribution in [2.75, 3.05) is 0 Å². The van der Waals surface area contributed by atoms with Crippen molar-refractivity contribution in [2.45, 2.75) is 295 Å². The van der Waals surface area contributed by atoms with Crippen LogP contribution in [0, 0.1) is 402 Å². The Morgan fingerprint density at radius 2 is 0.377 bits per heavy atom. The lowest BCUT2D eigenvalue weighted by molar-refractivity contribution is -0.442. The van der Waals surface area contributed by atoms with Gasteiger partial charge in [0, 0.05) is 0 Å². The van der Waals surface area contributed by atoms with Crippen LogP contribution in [-0.2, 0) is 0 Å². The second kappa shape index (κ2) is 22.7. The highest BCUT2D eigenvalue weighted by molar-refractivity contribution is 5.37. The SMILES string of the molecule is C1CCCC2C(CC1)C1CCC21.C1CCCCC2C(CCC1)C1C2C2C3C(CC4C5C6CC7C(CCC8C(CC9CC%10C%11CC(C%12CC%13C%14CCCC%14C%13%12)C%11C9%10)C9C8C8C9C9C%10C%11C(CCCC%12C%13CCC%14C(CCC%13C%12CC%12C%13C%15C%16CC%17C(CC%18C%19CCC%19C%18%17)C%16C%15C%13C%12%11)C%11C%12CCCCCC%12C%14%11)C%10C89)CC7CC6C5C43)C12. The fourth-order valence-corrected chi connectivity index (χ4v) is 55.7. The first-order valence-electron chi connectivity index (χ1n) is 56.6. The molecule has 68 atom stereocenters. The molecule has 0 spiro atoms. The third kappa shape index (κ3) is 7.36. The fourth-order valence-electron chi connectivity index (χ4n) is 55.7. The summed E-state index contributed by atoms with van der Waals surface area (Å²) in [6, 6.07) is 0. The molecule has 36 fully saturated rings. The lowest BCUT2D eigenvalue weighted by Gasteiger charge is -2.91. The summed E-state index contributed by atoms with van der Waals surface area (Å²) >= 11 is 0. The molecular weight excluding hydrogens is 1370 g/mol. The first-order chi connectivity index (χ1) is 56.6. The molecule has 0 N–H and O–H groups in total. The standard InChI is InChI=1S/C102H140.C12H20/c1-2-4-7-15-51-50(14-6-3-1)82-83(51)96-91(82)73-38-71-80-66-32-57-39(28-40(57)29-61(66)87(80)89(71)93(73)96)20-21-55-59(30-41-31-60-67-36-68(79(67)74(41)60)64-34-62-43-17-10-18-47(43)75(62)64)88-84(55)99-100-86-56-19-11-16-42-44-22-26-53-54(78-49-13-9-5-8-12-48(49)77(53)78)27-23-45(44)58(42)33-72-92(85(56)97(86)102(100)101(88)99)98-94(72)90-70-37-65-69(81(70)95(90)98)35-63-46-24-25-52(46)76(63)65;1-2-4-6-10-9(5-3-1)11-7-8-12(10)11/h39-102H,1-38H2;9-12H,1-8H2. The summed E-state index contributed by atoms with van der Waals surface area (Å²) in [7, 11) is 0. The van der Waals surface area contributed by atoms with Crippen LogP contribution in [0.15, 0.2) is 0 Å². The average Bonchev–Trinajstić information content (AvgIpc) is 1.01. The molecule has 0 aromatic rings. The quantitative estimate of drug-likeness (QED) is 0.233. The van der Waals surface area contributed by atoms with E-state index < -0.39 is 0 Å². The van der Waals surface area contributed by atoms with Gasteiger partial charge in [0.05, 0.1) is 0 Å². The Hall–Kier alpha value is 0. The molecule has 68 unspecified atom stereocenters. The van der Waals surface area contributed by atoms with Gasteiger partial charge in [-0.3, -0.25) is 0 Å². The molecule has 36 rings (SSSR count). The second-order valence-corrected chi connectivity index (χ2v) is 56.6. The summed E-state index contributed by atoms with van der Waals surface area (Å²) in [5.74, 6) is 83.3. The van der Waals surface area contributed by atoms with Gasteiger partial charge in [0.15, 0.2) is 0 Å². The number of fused-ring (bicyclic) bond motifs is 73. The molecule has 0 aliphatic heterocycles. The number of rotatable bonds is 6. The van der Waals surface area contributed by atoms with Crippen molar-refractivity contribution in [3.05, 3.63) is 0 Å². The fraction of sp³-hybridized carbons (Fsp3) is 1.00. The van der Waals surface area contributed by atoms with Crippen molar-refractivity contribution in [2.24, 2.45) is 402 Å². The van der Waals surface area contributed by atoms with Gasteiger partial charge in [-0.1, -0.05) is 96.3 Å². The van der Waals surface area contributed by atoms with Crippen LogP contribution in [0.4, 0.5) is 0 Å². The number of hydrogen-bond acceptors (Lipinski definition) is 0. The van der Waals surface area contributed by atoms with E-state index in [1.54, 1.807) is 276 Å². The van der Waals surface area contributed by atoms with Gasteiger partial charge in [-0.15, -0.1) is 0 Å². The van der Waals surface area contributed by atoms with E-state index in [-0.39, 0.29) is 0 Å². The van der Waals surface area contributed by atoms with Crippen LogP contribution in [0.2, 0.25) is 0 Å². The zero-order valence-electron chi connectivity index (χ0n) is 71.8. The summed E-state index contributed by atoms with van der Waals surface area (Å²) in [5, 5.41) is 0. The Bertz CT molecular complexity index is 3960. The van der Waals surface area contributed by atoms with Crippen LogP contribution in [0.5, 0.6) is 0 Å². The molecule has 0 amide bonds. The van der Waals surface area contributed by atoms with Gasteiger partial charge in [0.1, 0.15) is 0 Å². The van der Waals surface area contributed by atoms with Crippen molar-refractivity contribution in [1.29, 1.82) is 0 Å². The van der Waals surface area contributed by atoms with E-state index in [9.17, 15) is 0 Å². The van der Waals surface area contributed by atoms with E-state index in [4.69, 9.17) is 0 Å². The van der Waals surface area contributed by atoms with Gasteiger partial charge in [0.2, 0.25) is 0 Å². The molecule has 0 heterocycles. The molecule has 0 bridgehead atoms. The number of hydrogen-bond donors (Lipinski definition) is 0. The van der Waals surface area contributed by atoms with Gasteiger partial charge in [-0.25, -0.2) is 0 Å². The Labute approximate surface area is 693 Å². The molecule has 36 aliphatic carbocycles. The van der Waals surface area contributed by atoms with Crippen molar-refractivity contribution in [1.82, 2.24) is 0 Å². The molecule has 0 aromatic heterocycles. The zero-order valence-corrected chi connectivity index (χ0v) is 71.8. The summed E-state index contributed by atoms with van der Waals surface area (Å²) in [5.41, 5.74) is 0. The minimum Gasteiger partial charge on any atom is -0.0533 e. The smallest absolute Gasteiger partial charge is 0.0312 e. The maximum absolute atomic E-state index is 1.81. The largest absolute Gasteiger partial charge is 0.0533 e. The third-order valence-electron chi connectivity index (χ3n) is 58.2. The molecular formula is C114H160. The molecule has 0 nitrogen and oxygen atoms in total. The zero-order chi connectivity index (χ0) is 71.8. The predicted octanol–water partition coefficient (Wildman–Crippen LogP) is 26.3. The second-order valence-electron chi connectivity index (χ2n) is 56.6. The minimum atomic E-state index is 1.17. The third-order valence-corrected chi connectivity index (χ3v) is 58.2. The van der Waals surface area contributed by atoms with E-state index in [1.807, 2.05) is 6.42 Å². The Kier molecular flexibility index (Phi) is 13.2. The molecule has 0 saturated heterocycles. The normalized spacial score (nSPS) is 73.8. The van der Waals surface area contributed by atoms with Crippen molar-refractivity contribution >= 4 is 0 Å². The lowest BCUT2D eigenvalue weighted by Crippen LogP contribution is -2.87. The Morgan fingerprint density at radius 3 is 0.991 bits per heavy atom. The molecule has 0 radical (unpaired) electrons. The summed E-state index contributed by atoms with van der Waals surface area (Å²) in [4.78, 5) is 0. The minimum absolute atomic E-state index is 1.17. The van der Waals surface area contributed by atoms with Crippen LogP contribution < -0.4 is 0 Å². The lowest BCUT2D eigenvalue weighted by atomic mass is 9.13. The van der Waals surface area contributed by atoms with E-state index in [0.29, 0.717) is 0 Å². The maximum Gasteiger partial charge on any atom is -0.0312 e. The summed E-state index contributed by atoms with van der Waals surface area (Å²) in [6.45, 7) is 0. The van der Waals surface area contributed by atoms with Gasteiger partial charge < -0.3 is 0 Å². The van der Waals surface area contributed by atoms with Gasteiger partial charge in [-0.05, 0) is 601 Å². The highest BCUT2D eigenvalue weighted by Crippen LogP contribution is 2.94. The highest BCUT2D eigenvalue weighted by atomic mass is 14.9. The van der Waals surface area contributed by atoms with Crippen molar-refractivity contribution in [3.63, 3.8) is 0 Å². The maximum atomic E-state index is 1.81. The molecule has 114 heavy (non-hydrogen) atoms. The van der Waals surface area contributed by atoms with Gasteiger partial charge >= 0.3 is 0 Å². The van der Waals surface area contributed by atoms with Crippen molar-refractivity contribution in [3.8, 4) is 0 Å². The summed E-state index contributed by atoms with van der Waals surface area (Å²) in [6.07, 6.45) is 76.3. The molecule has 36 saturated carbocycles. The highest BCUT2D eigenvalue weighted by Gasteiger charge is 2.90. The van der Waals surface area contributed by atoms with Crippen LogP contribution in [0.3, 0.4) is 0 Å². The van der Waals surface area contributed by atoms with E-state index in [1.165, 1.54) is 415 Å². The van der Waals surface area contributed by atoms with Crippen LogP contribution >= 0.6 is 0 Å². The first kappa shape index (κ1) is 66.5. The van der Waals surface area contributed by atoms with Gasteiger partial charge in [-0.2, -0.15) is 0 Å². The Morgan fingerprint density at radius 1 is 0.114 bits per heavy atom. The van der Waals surface area contributed by atoms with Crippen LogP contribution in [-0.4, -0.2) is 0 Å². The summed E-state index contributed by atoms with van der Waals surface area (Å²) < 4.78 is 0.